The summed E-state index contributed by atoms with van der Waals surface area (Å²) in [5, 5.41) is -0.109. The van der Waals surface area contributed by atoms with Gasteiger partial charge in [0.15, 0.2) is 9.84 Å². The van der Waals surface area contributed by atoms with E-state index in [1.807, 2.05) is 6.07 Å². The normalized spacial score (nSPS) is 23.6. The van der Waals surface area contributed by atoms with Crippen LogP contribution in [0, 0.1) is 5.92 Å². The Morgan fingerprint density at radius 2 is 1.88 bits per heavy atom. The van der Waals surface area contributed by atoms with Crippen molar-refractivity contribution in [3.63, 3.8) is 0 Å². The third-order valence-corrected chi connectivity index (χ3v) is 5.81. The molecule has 1 aromatic carbocycles. The number of unbranched alkanes of at least 4 members (excludes halogenated alkanes) is 2. The number of sulfone groups is 1. The minimum absolute atomic E-state index is 0.109. The van der Waals surface area contributed by atoms with Crippen LogP contribution in [0.5, 0.6) is 0 Å². The van der Waals surface area contributed by atoms with Gasteiger partial charge in [0.2, 0.25) is 0 Å². The second-order valence-corrected chi connectivity index (χ2v) is 7.05. The number of rotatable bonds is 6. The zero-order chi connectivity index (χ0) is 12.3. The van der Waals surface area contributed by atoms with Gasteiger partial charge in [-0.3, -0.25) is 0 Å². The van der Waals surface area contributed by atoms with Crippen LogP contribution in [0.4, 0.5) is 0 Å². The van der Waals surface area contributed by atoms with E-state index in [-0.39, 0.29) is 5.25 Å². The molecule has 0 aliphatic heterocycles. The van der Waals surface area contributed by atoms with E-state index in [4.69, 9.17) is 0 Å². The molecule has 0 spiro atoms. The van der Waals surface area contributed by atoms with Gasteiger partial charge in [-0.1, -0.05) is 44.4 Å². The van der Waals surface area contributed by atoms with Gasteiger partial charge < -0.3 is 0 Å². The number of hydrogen-bond acceptors (Lipinski definition) is 2. The molecule has 0 saturated heterocycles. The van der Waals surface area contributed by atoms with Crippen molar-refractivity contribution < 1.29 is 8.42 Å². The van der Waals surface area contributed by atoms with E-state index in [0.717, 1.165) is 12.8 Å². The standard InChI is InChI=1S/C14H20O2S/c1-2-3-5-8-12-11-14(12)17(15,16)13-9-6-4-7-10-13/h4,6-7,9-10,12,14H,2-3,5,8,11H2,1H3/t12-,14-/m1/s1. The van der Waals surface area contributed by atoms with Crippen LogP contribution in [0.1, 0.15) is 39.0 Å². The van der Waals surface area contributed by atoms with E-state index in [0.29, 0.717) is 10.8 Å². The molecule has 1 aliphatic rings. The van der Waals surface area contributed by atoms with E-state index >= 15 is 0 Å². The maximum absolute atomic E-state index is 12.2. The Morgan fingerprint density at radius 3 is 2.53 bits per heavy atom. The lowest BCUT2D eigenvalue weighted by Crippen LogP contribution is -2.09. The van der Waals surface area contributed by atoms with E-state index in [2.05, 4.69) is 6.92 Å². The summed E-state index contributed by atoms with van der Waals surface area (Å²) >= 11 is 0. The van der Waals surface area contributed by atoms with Crippen LogP contribution in [0.25, 0.3) is 0 Å². The molecular weight excluding hydrogens is 232 g/mol. The summed E-state index contributed by atoms with van der Waals surface area (Å²) in [6, 6.07) is 8.85. The summed E-state index contributed by atoms with van der Waals surface area (Å²) < 4.78 is 24.5. The van der Waals surface area contributed by atoms with Crippen LogP contribution in [-0.4, -0.2) is 13.7 Å². The van der Waals surface area contributed by atoms with Gasteiger partial charge in [0.1, 0.15) is 0 Å². The van der Waals surface area contributed by atoms with Crippen molar-refractivity contribution in [2.45, 2.75) is 49.2 Å². The molecule has 17 heavy (non-hydrogen) atoms. The van der Waals surface area contributed by atoms with Gasteiger partial charge >= 0.3 is 0 Å². The fourth-order valence-corrected chi connectivity index (χ4v) is 4.37. The fourth-order valence-electron chi connectivity index (χ4n) is 2.35. The summed E-state index contributed by atoms with van der Waals surface area (Å²) in [7, 11) is -3.05. The second kappa shape index (κ2) is 5.21. The van der Waals surface area contributed by atoms with Gasteiger partial charge in [-0.2, -0.15) is 0 Å². The number of benzene rings is 1. The second-order valence-electron chi connectivity index (χ2n) is 4.89. The van der Waals surface area contributed by atoms with Crippen molar-refractivity contribution in [3.8, 4) is 0 Å². The average molecular weight is 252 g/mol. The highest BCUT2D eigenvalue weighted by Gasteiger charge is 2.46. The third-order valence-electron chi connectivity index (χ3n) is 3.51. The van der Waals surface area contributed by atoms with Crippen molar-refractivity contribution in [1.29, 1.82) is 0 Å². The molecule has 94 valence electrons. The van der Waals surface area contributed by atoms with Crippen molar-refractivity contribution in [3.05, 3.63) is 30.3 Å². The SMILES string of the molecule is CCCCC[C@@H]1C[C@H]1S(=O)(=O)c1ccccc1. The summed E-state index contributed by atoms with van der Waals surface area (Å²) in [6.07, 6.45) is 5.52. The van der Waals surface area contributed by atoms with E-state index < -0.39 is 9.84 Å². The van der Waals surface area contributed by atoms with Gasteiger partial charge in [0.05, 0.1) is 10.1 Å². The molecule has 0 unspecified atom stereocenters. The summed E-state index contributed by atoms with van der Waals surface area (Å²) in [4.78, 5) is 0.489. The molecule has 2 nitrogen and oxygen atoms in total. The predicted octanol–water partition coefficient (Wildman–Crippen LogP) is 3.43. The molecule has 0 radical (unpaired) electrons. The molecule has 1 aromatic rings. The van der Waals surface area contributed by atoms with Crippen molar-refractivity contribution >= 4 is 9.84 Å². The molecule has 0 heterocycles. The lowest BCUT2D eigenvalue weighted by molar-refractivity contribution is 0.582. The van der Waals surface area contributed by atoms with Crippen LogP contribution in [0.15, 0.2) is 35.2 Å². The van der Waals surface area contributed by atoms with Gasteiger partial charge in [-0.25, -0.2) is 8.42 Å². The van der Waals surface area contributed by atoms with Crippen LogP contribution < -0.4 is 0 Å². The first-order valence-electron chi connectivity index (χ1n) is 6.45. The Balaban J connectivity index is 1.96. The quantitative estimate of drug-likeness (QED) is 0.727. The molecule has 2 rings (SSSR count). The van der Waals surface area contributed by atoms with E-state index in [1.165, 1.54) is 19.3 Å². The number of hydrogen-bond donors (Lipinski definition) is 0. The molecule has 1 fully saturated rings. The van der Waals surface area contributed by atoms with Crippen LogP contribution in [-0.2, 0) is 9.84 Å². The Kier molecular flexibility index (Phi) is 3.87. The fraction of sp³-hybridized carbons (Fsp3) is 0.571. The molecule has 0 N–H and O–H groups in total. The first-order valence-corrected chi connectivity index (χ1v) is 8.00. The van der Waals surface area contributed by atoms with Crippen molar-refractivity contribution in [1.82, 2.24) is 0 Å². The van der Waals surface area contributed by atoms with Crippen LogP contribution >= 0.6 is 0 Å². The monoisotopic (exact) mass is 252 g/mol. The molecular formula is C14H20O2S. The lowest BCUT2D eigenvalue weighted by Gasteiger charge is -2.03. The molecule has 3 heteroatoms. The molecule has 1 saturated carbocycles. The molecule has 0 bridgehead atoms. The van der Waals surface area contributed by atoms with Gasteiger partial charge in [0, 0.05) is 0 Å². The summed E-state index contributed by atoms with van der Waals surface area (Å²) in [5.41, 5.74) is 0. The molecule has 1 aliphatic carbocycles. The first-order chi connectivity index (χ1) is 8.16. The lowest BCUT2D eigenvalue weighted by atomic mass is 10.1. The highest BCUT2D eigenvalue weighted by Crippen LogP contribution is 2.43. The first kappa shape index (κ1) is 12.6. The topological polar surface area (TPSA) is 34.1 Å². The Morgan fingerprint density at radius 1 is 1.18 bits per heavy atom. The zero-order valence-corrected chi connectivity index (χ0v) is 11.1. The smallest absolute Gasteiger partial charge is 0.181 e. The van der Waals surface area contributed by atoms with Crippen LogP contribution in [0.2, 0.25) is 0 Å². The molecule has 2 atom stereocenters. The predicted molar refractivity (Wildman–Crippen MR) is 69.7 cm³/mol. The Bertz CT molecular complexity index is 450. The van der Waals surface area contributed by atoms with Crippen LogP contribution in [0.3, 0.4) is 0 Å². The molecule has 0 aromatic heterocycles. The molecule has 0 amide bonds. The maximum Gasteiger partial charge on any atom is 0.181 e. The van der Waals surface area contributed by atoms with E-state index in [9.17, 15) is 8.42 Å². The summed E-state index contributed by atoms with van der Waals surface area (Å²) in [6.45, 7) is 2.17. The minimum Gasteiger partial charge on any atom is -0.223 e. The zero-order valence-electron chi connectivity index (χ0n) is 10.3. The minimum atomic E-state index is -3.05. The average Bonchev–Trinajstić information content (AvgIpc) is 3.11. The summed E-state index contributed by atoms with van der Waals surface area (Å²) in [5.74, 6) is 0.409. The Hall–Kier alpha value is -0.830. The van der Waals surface area contributed by atoms with Crippen molar-refractivity contribution in [2.75, 3.05) is 0 Å². The van der Waals surface area contributed by atoms with E-state index in [1.54, 1.807) is 24.3 Å². The third kappa shape index (κ3) is 2.89. The maximum atomic E-state index is 12.2. The highest BCUT2D eigenvalue weighted by atomic mass is 32.2. The van der Waals surface area contributed by atoms with Gasteiger partial charge in [-0.05, 0) is 30.9 Å². The van der Waals surface area contributed by atoms with Gasteiger partial charge in [-0.15, -0.1) is 0 Å². The Labute approximate surface area is 104 Å². The van der Waals surface area contributed by atoms with Crippen molar-refractivity contribution in [2.24, 2.45) is 5.92 Å². The van der Waals surface area contributed by atoms with Gasteiger partial charge in [0.25, 0.3) is 0 Å². The highest BCUT2D eigenvalue weighted by molar-refractivity contribution is 7.92. The largest absolute Gasteiger partial charge is 0.223 e.